The summed E-state index contributed by atoms with van der Waals surface area (Å²) >= 11 is 0. The van der Waals surface area contributed by atoms with E-state index < -0.39 is 23.4 Å². The van der Waals surface area contributed by atoms with Crippen LogP contribution in [-0.2, 0) is 6.54 Å². The van der Waals surface area contributed by atoms with Crippen LogP contribution in [0, 0.1) is 5.92 Å². The minimum Gasteiger partial charge on any atom is -0.494 e. The minimum atomic E-state index is -4.19. The van der Waals surface area contributed by atoms with Crippen LogP contribution >= 0.6 is 0 Å². The summed E-state index contributed by atoms with van der Waals surface area (Å²) in [5, 5.41) is 6.59. The van der Waals surface area contributed by atoms with Crippen molar-refractivity contribution in [2.24, 2.45) is 11.7 Å². The number of likely N-dealkylation sites (tertiary alicyclic amines) is 1. The molecule has 0 unspecified atom stereocenters. The molecule has 2 saturated heterocycles. The molecule has 0 aliphatic carbocycles. The maximum atomic E-state index is 13.6. The molecule has 3 aromatic rings. The number of nitrogen functional groups attached to an aromatic ring is 1. The number of halogens is 3. The standard InChI is InChI=1S/C28H35F3N8O3/c1-3-38-24(32)22(25(33)41)23(40)19-15-35-27(37-26(19)38)36-20-5-4-18(14-21(20)42-2)39(17-6-10-34-11-7-17)12-8-16(9-13-39)28(29,30)31/h4-5,14-17,34H,3,6-13H2,1-2H3,(H4-,32,33,35,36,37,40,41)/p+1. The molecule has 0 atom stereocenters. The normalized spacial score (nSPS) is 21.8. The fraction of sp³-hybridized carbons (Fsp3) is 0.500. The summed E-state index contributed by atoms with van der Waals surface area (Å²) in [7, 11) is 1.52. The Morgan fingerprint density at radius 1 is 1.21 bits per heavy atom. The molecule has 0 spiro atoms. The Hall–Kier alpha value is -3.91. The van der Waals surface area contributed by atoms with Crippen LogP contribution in [0.15, 0.2) is 29.2 Å². The smallest absolute Gasteiger partial charge is 0.392 e. The van der Waals surface area contributed by atoms with Crippen molar-refractivity contribution in [3.05, 3.63) is 40.2 Å². The quantitative estimate of drug-likeness (QED) is 0.307. The number of aryl methyl sites for hydroxylation is 1. The molecular weight excluding hydrogens is 553 g/mol. The molecule has 2 aliphatic rings. The van der Waals surface area contributed by atoms with Crippen LogP contribution in [0.1, 0.15) is 43.0 Å². The highest BCUT2D eigenvalue weighted by molar-refractivity contribution is 6.00. The fourth-order valence-electron chi connectivity index (χ4n) is 6.53. The Morgan fingerprint density at radius 3 is 2.50 bits per heavy atom. The largest absolute Gasteiger partial charge is 0.494 e. The highest BCUT2D eigenvalue weighted by Gasteiger charge is 2.49. The van der Waals surface area contributed by atoms with Crippen molar-refractivity contribution < 1.29 is 22.7 Å². The molecule has 1 amide bonds. The minimum absolute atomic E-state index is 0.0738. The number of pyridine rings is 1. The van der Waals surface area contributed by atoms with Crippen molar-refractivity contribution in [1.82, 2.24) is 24.3 Å². The van der Waals surface area contributed by atoms with Gasteiger partial charge in [0.05, 0.1) is 43.2 Å². The number of piperidine rings is 2. The van der Waals surface area contributed by atoms with Gasteiger partial charge < -0.3 is 31.4 Å². The molecule has 5 rings (SSSR count). The maximum absolute atomic E-state index is 13.6. The van der Waals surface area contributed by atoms with Crippen LogP contribution in [-0.4, -0.2) is 65.9 Å². The Labute approximate surface area is 240 Å². The lowest BCUT2D eigenvalue weighted by atomic mass is 9.89. The molecule has 42 heavy (non-hydrogen) atoms. The number of aromatic nitrogens is 3. The molecule has 6 N–H and O–H groups in total. The average molecular weight is 590 g/mol. The van der Waals surface area contributed by atoms with E-state index in [2.05, 4.69) is 20.6 Å². The van der Waals surface area contributed by atoms with Gasteiger partial charge in [-0.1, -0.05) is 0 Å². The van der Waals surface area contributed by atoms with Crippen LogP contribution < -0.4 is 36.7 Å². The molecule has 226 valence electrons. The highest BCUT2D eigenvalue weighted by atomic mass is 19.4. The van der Waals surface area contributed by atoms with E-state index in [4.69, 9.17) is 16.2 Å². The summed E-state index contributed by atoms with van der Waals surface area (Å²) in [4.78, 5) is 33.5. The predicted octanol–water partition coefficient (Wildman–Crippen LogP) is 3.28. The van der Waals surface area contributed by atoms with Gasteiger partial charge in [-0.25, -0.2) is 4.98 Å². The van der Waals surface area contributed by atoms with Gasteiger partial charge in [0.25, 0.3) is 5.91 Å². The molecular formula is C28H36F3N8O3+. The van der Waals surface area contributed by atoms with Gasteiger partial charge in [-0.05, 0) is 13.0 Å². The van der Waals surface area contributed by atoms with E-state index in [-0.39, 0.29) is 47.2 Å². The fourth-order valence-corrected chi connectivity index (χ4v) is 6.53. The van der Waals surface area contributed by atoms with E-state index >= 15 is 0 Å². The molecule has 1 aromatic carbocycles. The van der Waals surface area contributed by atoms with Crippen LogP contribution in [0.5, 0.6) is 5.75 Å². The van der Waals surface area contributed by atoms with Gasteiger partial charge in [0, 0.05) is 63.6 Å². The van der Waals surface area contributed by atoms with Crippen LogP contribution in [0.2, 0.25) is 0 Å². The Balaban J connectivity index is 1.50. The molecule has 2 fully saturated rings. The summed E-state index contributed by atoms with van der Waals surface area (Å²) in [6.07, 6.45) is -0.952. The third-order valence-corrected chi connectivity index (χ3v) is 8.78. The zero-order valence-electron chi connectivity index (χ0n) is 23.6. The first-order chi connectivity index (χ1) is 20.0. The molecule has 2 aromatic heterocycles. The van der Waals surface area contributed by atoms with E-state index in [9.17, 15) is 22.8 Å². The molecule has 0 radical (unpaired) electrons. The molecule has 11 nitrogen and oxygen atoms in total. The number of amides is 1. The second kappa shape index (κ2) is 11.4. The number of primary amides is 1. The van der Waals surface area contributed by atoms with Crippen LogP contribution in [0.25, 0.3) is 11.0 Å². The first-order valence-corrected chi connectivity index (χ1v) is 14.1. The predicted molar refractivity (Wildman–Crippen MR) is 155 cm³/mol. The number of alkyl halides is 3. The highest BCUT2D eigenvalue weighted by Crippen LogP contribution is 2.43. The van der Waals surface area contributed by atoms with Gasteiger partial charge in [0.1, 0.15) is 22.8 Å². The van der Waals surface area contributed by atoms with Crippen molar-refractivity contribution in [2.75, 3.05) is 44.3 Å². The average Bonchev–Trinajstić information content (AvgIpc) is 2.97. The lowest BCUT2D eigenvalue weighted by molar-refractivity contribution is -0.185. The molecule has 14 heteroatoms. The number of hydrogen-bond donors (Lipinski definition) is 4. The zero-order chi connectivity index (χ0) is 30.2. The van der Waals surface area contributed by atoms with Gasteiger partial charge in [0.15, 0.2) is 5.65 Å². The van der Waals surface area contributed by atoms with E-state index in [1.807, 2.05) is 18.2 Å². The first kappa shape index (κ1) is 29.6. The Kier molecular flexibility index (Phi) is 8.03. The number of nitrogens with one attached hydrogen (secondary N) is 2. The number of carbonyl (C=O) groups excluding carboxylic acids is 1. The number of rotatable bonds is 7. The van der Waals surface area contributed by atoms with E-state index in [0.717, 1.165) is 31.6 Å². The third kappa shape index (κ3) is 5.24. The first-order valence-electron chi connectivity index (χ1n) is 14.1. The summed E-state index contributed by atoms with van der Waals surface area (Å²) in [6, 6.07) is 5.84. The summed E-state index contributed by atoms with van der Waals surface area (Å²) in [5.41, 5.74) is 12.2. The number of methoxy groups -OCH3 is 1. The monoisotopic (exact) mass is 589 g/mol. The van der Waals surface area contributed by atoms with Gasteiger partial charge in [0.2, 0.25) is 11.4 Å². The van der Waals surface area contributed by atoms with E-state index in [0.29, 0.717) is 35.6 Å². The van der Waals surface area contributed by atoms with Gasteiger partial charge in [-0.3, -0.25) is 14.1 Å². The number of nitrogens with two attached hydrogens (primary N) is 2. The zero-order valence-corrected chi connectivity index (χ0v) is 23.6. The summed E-state index contributed by atoms with van der Waals surface area (Å²) in [6.45, 7) is 4.59. The third-order valence-electron chi connectivity index (χ3n) is 8.78. The van der Waals surface area contributed by atoms with Crippen molar-refractivity contribution in [3.63, 3.8) is 0 Å². The van der Waals surface area contributed by atoms with Crippen LogP contribution in [0.4, 0.5) is 36.3 Å². The van der Waals surface area contributed by atoms with Gasteiger partial charge in [-0.15, -0.1) is 0 Å². The van der Waals surface area contributed by atoms with Gasteiger partial charge >= 0.3 is 6.18 Å². The number of anilines is 3. The van der Waals surface area contributed by atoms with Gasteiger partial charge in [-0.2, -0.15) is 18.2 Å². The summed E-state index contributed by atoms with van der Waals surface area (Å²) in [5.74, 6) is -1.64. The van der Waals surface area contributed by atoms with E-state index in [1.54, 1.807) is 6.92 Å². The van der Waals surface area contributed by atoms with Crippen LogP contribution in [0.3, 0.4) is 0 Å². The molecule has 2 aliphatic heterocycles. The topological polar surface area (TPSA) is 150 Å². The van der Waals surface area contributed by atoms with E-state index in [1.165, 1.54) is 17.9 Å². The number of carbonyl (C=O) groups is 1. The van der Waals surface area contributed by atoms with Crippen molar-refractivity contribution in [1.29, 1.82) is 0 Å². The second-order valence-corrected chi connectivity index (χ2v) is 10.9. The maximum Gasteiger partial charge on any atom is 0.392 e. The summed E-state index contributed by atoms with van der Waals surface area (Å²) < 4.78 is 48.4. The number of benzene rings is 1. The number of hydrogen-bond acceptors (Lipinski definition) is 8. The molecule has 0 saturated carbocycles. The molecule has 0 bridgehead atoms. The van der Waals surface area contributed by atoms with Crippen molar-refractivity contribution in [2.45, 2.75) is 51.4 Å². The number of fused-ring (bicyclic) bond motifs is 1. The number of quaternary nitrogens is 1. The SMILES string of the molecule is CCn1c(N)c(C(N)=O)c(=O)c2cnc(Nc3ccc([N+]4(C5CCNCC5)CCC(C(F)(F)F)CC4)cc3OC)nc21. The van der Waals surface area contributed by atoms with Crippen molar-refractivity contribution >= 4 is 40.1 Å². The Morgan fingerprint density at radius 2 is 1.90 bits per heavy atom. The lowest BCUT2D eigenvalue weighted by Gasteiger charge is -2.50. The number of nitrogens with zero attached hydrogens (tertiary/aromatic N) is 4. The van der Waals surface area contributed by atoms with Crippen molar-refractivity contribution in [3.8, 4) is 5.75 Å². The second-order valence-electron chi connectivity index (χ2n) is 10.9. The Bertz CT molecular complexity index is 1540. The lowest BCUT2D eigenvalue weighted by Crippen LogP contribution is -2.63. The molecule has 4 heterocycles. The number of ether oxygens (including phenoxy) is 1.